The van der Waals surface area contributed by atoms with Crippen molar-refractivity contribution in [1.82, 2.24) is 5.32 Å². The van der Waals surface area contributed by atoms with Gasteiger partial charge in [-0.1, -0.05) is 12.1 Å². The predicted octanol–water partition coefficient (Wildman–Crippen LogP) is 1.95. The van der Waals surface area contributed by atoms with E-state index in [1.807, 2.05) is 0 Å². The van der Waals surface area contributed by atoms with E-state index in [0.29, 0.717) is 0 Å². The molecule has 1 aliphatic rings. The van der Waals surface area contributed by atoms with Gasteiger partial charge in [0.25, 0.3) is 0 Å². The van der Waals surface area contributed by atoms with Crippen molar-refractivity contribution < 1.29 is 5.11 Å². The molecule has 2 rings (SSSR count). The zero-order valence-corrected chi connectivity index (χ0v) is 10.8. The Kier molecular flexibility index (Phi) is 3.64. The molecule has 0 amide bonds. The summed E-state index contributed by atoms with van der Waals surface area (Å²) in [5, 5.41) is 12.9. The van der Waals surface area contributed by atoms with Crippen molar-refractivity contribution in [3.8, 4) is 0 Å². The third-order valence-electron chi connectivity index (χ3n) is 3.09. The van der Waals surface area contributed by atoms with Gasteiger partial charge < -0.3 is 10.4 Å². The van der Waals surface area contributed by atoms with E-state index in [2.05, 4.69) is 52.2 Å². The summed E-state index contributed by atoms with van der Waals surface area (Å²) in [5.74, 6) is 0. The number of benzene rings is 1. The van der Waals surface area contributed by atoms with E-state index in [1.165, 1.54) is 15.6 Å². The van der Waals surface area contributed by atoms with Gasteiger partial charge in [-0.2, -0.15) is 0 Å². The minimum atomic E-state index is -0.0627. The van der Waals surface area contributed by atoms with Crippen LogP contribution in [-0.4, -0.2) is 23.8 Å². The Bertz CT molecular complexity index is 317. The molecule has 15 heavy (non-hydrogen) atoms. The van der Waals surface area contributed by atoms with Crippen LogP contribution >= 0.6 is 22.6 Å². The Morgan fingerprint density at radius 1 is 1.33 bits per heavy atom. The van der Waals surface area contributed by atoms with Gasteiger partial charge >= 0.3 is 0 Å². The molecule has 0 aromatic heterocycles. The largest absolute Gasteiger partial charge is 0.394 e. The maximum Gasteiger partial charge on any atom is 0.0616 e. The monoisotopic (exact) mass is 317 g/mol. The molecule has 2 nitrogen and oxygen atoms in total. The summed E-state index contributed by atoms with van der Waals surface area (Å²) >= 11 is 2.31. The van der Waals surface area contributed by atoms with Gasteiger partial charge in [-0.3, -0.25) is 0 Å². The van der Waals surface area contributed by atoms with Gasteiger partial charge in [-0.15, -0.1) is 0 Å². The smallest absolute Gasteiger partial charge is 0.0616 e. The molecule has 2 N–H and O–H groups in total. The van der Waals surface area contributed by atoms with Crippen molar-refractivity contribution in [2.75, 3.05) is 13.2 Å². The zero-order valence-electron chi connectivity index (χ0n) is 8.67. The lowest BCUT2D eigenvalue weighted by Crippen LogP contribution is -2.45. The Hall–Kier alpha value is -0.130. The van der Waals surface area contributed by atoms with E-state index >= 15 is 0 Å². The van der Waals surface area contributed by atoms with Crippen molar-refractivity contribution >= 4 is 22.6 Å². The average molecular weight is 317 g/mol. The van der Waals surface area contributed by atoms with Gasteiger partial charge in [0, 0.05) is 9.11 Å². The Morgan fingerprint density at radius 2 is 2.07 bits per heavy atom. The SMILES string of the molecule is OCC1(Cc2ccc(I)cc2)CCCN1. The van der Waals surface area contributed by atoms with Crippen molar-refractivity contribution in [3.05, 3.63) is 33.4 Å². The van der Waals surface area contributed by atoms with E-state index in [4.69, 9.17) is 0 Å². The van der Waals surface area contributed by atoms with Crippen LogP contribution in [0.1, 0.15) is 18.4 Å². The van der Waals surface area contributed by atoms with Gasteiger partial charge in [0.1, 0.15) is 0 Å². The highest BCUT2D eigenvalue weighted by molar-refractivity contribution is 14.1. The highest BCUT2D eigenvalue weighted by Gasteiger charge is 2.32. The second kappa shape index (κ2) is 4.80. The Labute approximate surface area is 104 Å². The average Bonchev–Trinajstić information content (AvgIpc) is 2.71. The summed E-state index contributed by atoms with van der Waals surface area (Å²) < 4.78 is 1.26. The third kappa shape index (κ3) is 2.71. The van der Waals surface area contributed by atoms with Gasteiger partial charge in [0.2, 0.25) is 0 Å². The quantitative estimate of drug-likeness (QED) is 0.835. The van der Waals surface area contributed by atoms with Crippen LogP contribution in [0.25, 0.3) is 0 Å². The Balaban J connectivity index is 2.09. The number of hydrogen-bond acceptors (Lipinski definition) is 2. The molecular formula is C12H16INO. The highest BCUT2D eigenvalue weighted by atomic mass is 127. The van der Waals surface area contributed by atoms with Crippen LogP contribution in [0, 0.1) is 3.57 Å². The Morgan fingerprint density at radius 3 is 2.60 bits per heavy atom. The molecule has 1 heterocycles. The number of aliphatic hydroxyl groups excluding tert-OH is 1. The molecule has 82 valence electrons. The molecule has 0 spiro atoms. The van der Waals surface area contributed by atoms with Crippen molar-refractivity contribution in [3.63, 3.8) is 0 Å². The zero-order chi connectivity index (χ0) is 10.7. The third-order valence-corrected chi connectivity index (χ3v) is 3.81. The molecule has 0 bridgehead atoms. The second-order valence-corrected chi connectivity index (χ2v) is 5.52. The minimum absolute atomic E-state index is 0.0627. The first-order valence-electron chi connectivity index (χ1n) is 5.34. The first-order chi connectivity index (χ1) is 7.24. The molecule has 1 fully saturated rings. The first-order valence-corrected chi connectivity index (χ1v) is 6.42. The molecular weight excluding hydrogens is 301 g/mol. The number of hydrogen-bond donors (Lipinski definition) is 2. The lowest BCUT2D eigenvalue weighted by Gasteiger charge is -2.27. The molecule has 1 aliphatic heterocycles. The van der Waals surface area contributed by atoms with Crippen LogP contribution < -0.4 is 5.32 Å². The summed E-state index contributed by atoms with van der Waals surface area (Å²) in [6.45, 7) is 1.27. The fourth-order valence-corrected chi connectivity index (χ4v) is 2.56. The summed E-state index contributed by atoms with van der Waals surface area (Å²) in [5.41, 5.74) is 1.24. The maximum atomic E-state index is 9.47. The molecule has 0 saturated carbocycles. The lowest BCUT2D eigenvalue weighted by molar-refractivity contribution is 0.177. The van der Waals surface area contributed by atoms with Crippen molar-refractivity contribution in [1.29, 1.82) is 0 Å². The van der Waals surface area contributed by atoms with Crippen molar-refractivity contribution in [2.45, 2.75) is 24.8 Å². The molecule has 1 atom stereocenters. The van der Waals surface area contributed by atoms with Crippen LogP contribution in [0.5, 0.6) is 0 Å². The second-order valence-electron chi connectivity index (χ2n) is 4.27. The first kappa shape index (κ1) is 11.4. The van der Waals surface area contributed by atoms with Gasteiger partial charge in [-0.05, 0) is 66.1 Å². The van der Waals surface area contributed by atoms with Crippen LogP contribution in [0.3, 0.4) is 0 Å². The number of aliphatic hydroxyl groups is 1. The predicted molar refractivity (Wildman–Crippen MR) is 69.9 cm³/mol. The molecule has 1 unspecified atom stereocenters. The van der Waals surface area contributed by atoms with E-state index in [0.717, 1.165) is 19.4 Å². The standard InChI is InChI=1S/C12H16INO/c13-11-4-2-10(3-5-11)8-12(9-15)6-1-7-14-12/h2-5,14-15H,1,6-9H2. The molecule has 3 heteroatoms. The van der Waals surface area contributed by atoms with Crippen molar-refractivity contribution in [2.24, 2.45) is 0 Å². The van der Waals surface area contributed by atoms with E-state index < -0.39 is 0 Å². The minimum Gasteiger partial charge on any atom is -0.394 e. The number of rotatable bonds is 3. The molecule has 1 saturated heterocycles. The lowest BCUT2D eigenvalue weighted by atomic mass is 9.90. The van der Waals surface area contributed by atoms with E-state index in [1.54, 1.807) is 0 Å². The van der Waals surface area contributed by atoms with Gasteiger partial charge in [0.15, 0.2) is 0 Å². The summed E-state index contributed by atoms with van der Waals surface area (Å²) in [7, 11) is 0. The highest BCUT2D eigenvalue weighted by Crippen LogP contribution is 2.23. The fraction of sp³-hybridized carbons (Fsp3) is 0.500. The molecule has 0 radical (unpaired) electrons. The van der Waals surface area contributed by atoms with Crippen LogP contribution in [-0.2, 0) is 6.42 Å². The summed E-state index contributed by atoms with van der Waals surface area (Å²) in [6.07, 6.45) is 3.18. The van der Waals surface area contributed by atoms with Gasteiger partial charge in [0.05, 0.1) is 6.61 Å². The normalized spacial score (nSPS) is 25.7. The van der Waals surface area contributed by atoms with E-state index in [9.17, 15) is 5.11 Å². The number of halogens is 1. The van der Waals surface area contributed by atoms with Gasteiger partial charge in [-0.25, -0.2) is 0 Å². The summed E-state index contributed by atoms with van der Waals surface area (Å²) in [4.78, 5) is 0. The topological polar surface area (TPSA) is 32.3 Å². The van der Waals surface area contributed by atoms with Crippen LogP contribution in [0.2, 0.25) is 0 Å². The number of nitrogens with one attached hydrogen (secondary N) is 1. The maximum absolute atomic E-state index is 9.47. The molecule has 1 aromatic carbocycles. The van der Waals surface area contributed by atoms with E-state index in [-0.39, 0.29) is 12.1 Å². The molecule has 0 aliphatic carbocycles. The molecule has 1 aromatic rings. The summed E-state index contributed by atoms with van der Waals surface area (Å²) in [6, 6.07) is 8.55. The fourth-order valence-electron chi connectivity index (χ4n) is 2.20. The van der Waals surface area contributed by atoms with Crippen LogP contribution in [0.4, 0.5) is 0 Å². The van der Waals surface area contributed by atoms with Crippen LogP contribution in [0.15, 0.2) is 24.3 Å².